The monoisotopic (exact) mass is 733 g/mol. The predicted octanol–water partition coefficient (Wildman–Crippen LogP) is 6.93. The summed E-state index contributed by atoms with van der Waals surface area (Å²) in [5.41, 5.74) is 4.89. The van der Waals surface area contributed by atoms with Crippen molar-refractivity contribution in [3.05, 3.63) is 0 Å². The third kappa shape index (κ3) is 31.5. The lowest BCUT2D eigenvalue weighted by Gasteiger charge is -2.30. The molecule has 2 aliphatic rings. The van der Waals surface area contributed by atoms with Gasteiger partial charge in [0.25, 0.3) is 0 Å². The van der Waals surface area contributed by atoms with E-state index in [1.807, 2.05) is 41.5 Å². The maximum absolute atomic E-state index is 11.6. The van der Waals surface area contributed by atoms with Crippen molar-refractivity contribution in [1.82, 2.24) is 20.9 Å². The summed E-state index contributed by atoms with van der Waals surface area (Å²) in [5.74, 6) is -0.234. The maximum Gasteiger partial charge on any atom is 0.407 e. The zero-order valence-corrected chi connectivity index (χ0v) is 31.9. The van der Waals surface area contributed by atoms with Gasteiger partial charge in [0.05, 0.1) is 5.88 Å². The molecule has 0 heterocycles. The molecule has 0 spiro atoms. The highest BCUT2D eigenvalue weighted by Crippen LogP contribution is 2.20. The highest BCUT2D eigenvalue weighted by atomic mass is 35.5. The third-order valence-electron chi connectivity index (χ3n) is 6.87. The Bertz CT molecular complexity index is 845. The molecule has 0 saturated heterocycles. The number of alkyl halides is 2. The summed E-state index contributed by atoms with van der Waals surface area (Å²) in [6.45, 7) is 21.2. The lowest BCUT2D eigenvalue weighted by atomic mass is 9.91. The van der Waals surface area contributed by atoms with Crippen molar-refractivity contribution >= 4 is 58.1 Å². The quantitative estimate of drug-likeness (QED) is 0.155. The van der Waals surface area contributed by atoms with Gasteiger partial charge in [-0.25, -0.2) is 9.59 Å². The molecule has 2 aliphatic carbocycles. The normalized spacial score (nSPS) is 20.6. The number of halogens is 3. The minimum atomic E-state index is -0.508. The Kier molecular flexibility index (Phi) is 29.0. The van der Waals surface area contributed by atoms with Gasteiger partial charge in [-0.1, -0.05) is 28.2 Å². The average Bonchev–Trinajstić information content (AvgIpc) is 2.95. The van der Waals surface area contributed by atoms with Crippen molar-refractivity contribution in [1.29, 1.82) is 0 Å². The number of ether oxygens (including phenoxy) is 2. The van der Waals surface area contributed by atoms with E-state index in [9.17, 15) is 19.2 Å². The number of carbonyl (C=O) groups excluding carboxylic acids is 4. The van der Waals surface area contributed by atoms with Crippen LogP contribution in [0.25, 0.3) is 0 Å². The second-order valence-electron chi connectivity index (χ2n) is 13.3. The van der Waals surface area contributed by atoms with E-state index >= 15 is 0 Å². The molecule has 2 saturated carbocycles. The molecule has 280 valence electrons. The molecule has 0 aromatic carbocycles. The van der Waals surface area contributed by atoms with Crippen molar-refractivity contribution in [3.63, 3.8) is 0 Å². The SMILES string of the molecule is C.CC(C)(C)OC(=O)NC1CCC(N)CC1.CC(C)(C)OC(=O)NC1CCC(NC(=O)CCl)CC1.CCN(CC)CC.O=C(Cl)CCl. The summed E-state index contributed by atoms with van der Waals surface area (Å²) < 4.78 is 10.4. The molecule has 0 radical (unpaired) electrons. The molecule has 3 amide bonds. The molecule has 0 bridgehead atoms. The van der Waals surface area contributed by atoms with E-state index in [2.05, 4.69) is 41.6 Å². The Labute approximate surface area is 300 Å². The van der Waals surface area contributed by atoms with Gasteiger partial charge in [-0.3, -0.25) is 9.59 Å². The van der Waals surface area contributed by atoms with E-state index in [0.29, 0.717) is 6.04 Å². The molecule has 0 aromatic heterocycles. The van der Waals surface area contributed by atoms with Gasteiger partial charge in [-0.05, 0) is 124 Å². The van der Waals surface area contributed by atoms with Crippen molar-refractivity contribution in [2.45, 2.75) is 156 Å². The Morgan fingerprint density at radius 3 is 1.19 bits per heavy atom. The van der Waals surface area contributed by atoms with E-state index in [-0.39, 0.29) is 55.4 Å². The van der Waals surface area contributed by atoms with Crippen LogP contribution in [-0.4, -0.2) is 95.0 Å². The zero-order chi connectivity index (χ0) is 35.9. The standard InChI is InChI=1S/C13H23ClN2O3.C11H22N2O2.C6H15N.C2H2Cl2O.CH4/c1-13(2,3)19-12(18)16-10-6-4-9(5-7-10)15-11(17)8-14;1-11(2,3)15-10(14)13-9-6-4-8(12)5-7-9;1-4-7(5-2)6-3;3-1-2(4)5;/h9-10H,4-8H2,1-3H3,(H,15,17)(H,16,18);8-9H,4-7,12H2,1-3H3,(H,13,14);4-6H2,1-3H3;1H2;1H4. The topological polar surface area (TPSA) is 152 Å². The van der Waals surface area contributed by atoms with E-state index in [1.165, 1.54) is 19.6 Å². The molecule has 0 aromatic rings. The number of amides is 3. The number of nitrogens with zero attached hydrogens (tertiary/aromatic N) is 1. The van der Waals surface area contributed by atoms with Gasteiger partial charge >= 0.3 is 12.2 Å². The van der Waals surface area contributed by atoms with Gasteiger partial charge in [0.15, 0.2) is 0 Å². The number of nitrogens with two attached hydrogens (primary N) is 1. The van der Waals surface area contributed by atoms with Gasteiger partial charge in [0.2, 0.25) is 11.1 Å². The summed E-state index contributed by atoms with van der Waals surface area (Å²) >= 11 is 15.0. The highest BCUT2D eigenvalue weighted by Gasteiger charge is 2.25. The molecule has 11 nitrogen and oxygen atoms in total. The molecule has 0 aliphatic heterocycles. The molecule has 0 unspecified atom stereocenters. The van der Waals surface area contributed by atoms with Gasteiger partial charge in [-0.2, -0.15) is 0 Å². The number of carbonyl (C=O) groups is 4. The lowest BCUT2D eigenvalue weighted by Crippen LogP contribution is -2.45. The summed E-state index contributed by atoms with van der Waals surface area (Å²) in [6, 6.07) is 0.836. The number of nitrogens with one attached hydrogen (secondary N) is 3. The van der Waals surface area contributed by atoms with Crippen LogP contribution in [0, 0.1) is 0 Å². The first-order chi connectivity index (χ1) is 21.3. The van der Waals surface area contributed by atoms with Crippen LogP contribution < -0.4 is 21.7 Å². The number of rotatable bonds is 8. The second-order valence-corrected chi connectivity index (χ2v) is 14.2. The molecule has 2 fully saturated rings. The Hall–Kier alpha value is -1.53. The van der Waals surface area contributed by atoms with Crippen molar-refractivity contribution < 1.29 is 28.7 Å². The average molecular weight is 735 g/mol. The van der Waals surface area contributed by atoms with Gasteiger partial charge in [0.1, 0.15) is 17.1 Å². The van der Waals surface area contributed by atoms with E-state index in [1.54, 1.807) is 0 Å². The number of hydrogen-bond acceptors (Lipinski definition) is 8. The third-order valence-corrected chi connectivity index (χ3v) is 7.63. The first-order valence-electron chi connectivity index (χ1n) is 16.3. The van der Waals surface area contributed by atoms with Crippen LogP contribution >= 0.6 is 34.8 Å². The molecule has 14 heteroatoms. The van der Waals surface area contributed by atoms with Crippen LogP contribution in [-0.2, 0) is 19.1 Å². The fourth-order valence-electron chi connectivity index (χ4n) is 4.53. The first kappa shape index (κ1) is 49.9. The van der Waals surface area contributed by atoms with Gasteiger partial charge in [-0.15, -0.1) is 23.2 Å². The van der Waals surface area contributed by atoms with Crippen LogP contribution in [0.1, 0.15) is 121 Å². The first-order valence-corrected chi connectivity index (χ1v) is 17.8. The largest absolute Gasteiger partial charge is 0.444 e. The van der Waals surface area contributed by atoms with Crippen LogP contribution in [0.15, 0.2) is 0 Å². The predicted molar refractivity (Wildman–Crippen MR) is 196 cm³/mol. The van der Waals surface area contributed by atoms with Crippen molar-refractivity contribution in [2.75, 3.05) is 31.4 Å². The van der Waals surface area contributed by atoms with Gasteiger partial charge in [0, 0.05) is 24.2 Å². The van der Waals surface area contributed by atoms with Crippen LogP contribution in [0.3, 0.4) is 0 Å². The number of hydrogen-bond donors (Lipinski definition) is 4. The summed E-state index contributed by atoms with van der Waals surface area (Å²) in [6.07, 6.45) is 6.58. The Balaban J connectivity index is -0.000000613. The Morgan fingerprint density at radius 1 is 0.660 bits per heavy atom. The molecule has 2 rings (SSSR count). The maximum atomic E-state index is 11.6. The minimum absolute atomic E-state index is 0. The molecule has 5 N–H and O–H groups in total. The minimum Gasteiger partial charge on any atom is -0.444 e. The summed E-state index contributed by atoms with van der Waals surface area (Å²) in [4.78, 5) is 46.0. The summed E-state index contributed by atoms with van der Waals surface area (Å²) in [7, 11) is 0. The van der Waals surface area contributed by atoms with Crippen LogP contribution in [0.2, 0.25) is 0 Å². The smallest absolute Gasteiger partial charge is 0.407 e. The fourth-order valence-corrected chi connectivity index (χ4v) is 4.61. The molecular formula is C33H66Cl3N5O6. The second kappa shape index (κ2) is 27.3. The Morgan fingerprint density at radius 2 is 0.957 bits per heavy atom. The van der Waals surface area contributed by atoms with E-state index < -0.39 is 16.4 Å². The summed E-state index contributed by atoms with van der Waals surface area (Å²) in [5, 5.41) is 8.10. The van der Waals surface area contributed by atoms with Crippen molar-refractivity contribution in [2.24, 2.45) is 5.73 Å². The van der Waals surface area contributed by atoms with E-state index in [4.69, 9.17) is 50.0 Å². The number of alkyl carbamates (subject to hydrolysis) is 2. The highest BCUT2D eigenvalue weighted by molar-refractivity contribution is 6.67. The fraction of sp³-hybridized carbons (Fsp3) is 0.879. The van der Waals surface area contributed by atoms with Crippen LogP contribution in [0.5, 0.6) is 0 Å². The lowest BCUT2D eigenvalue weighted by molar-refractivity contribution is -0.119. The van der Waals surface area contributed by atoms with Crippen molar-refractivity contribution in [3.8, 4) is 0 Å². The van der Waals surface area contributed by atoms with Gasteiger partial charge < -0.3 is 36.1 Å². The van der Waals surface area contributed by atoms with E-state index in [0.717, 1.165) is 51.4 Å². The van der Waals surface area contributed by atoms with Crippen LogP contribution in [0.4, 0.5) is 9.59 Å². The molecular weight excluding hydrogens is 669 g/mol. The molecule has 47 heavy (non-hydrogen) atoms. The zero-order valence-electron chi connectivity index (χ0n) is 29.6. The molecule has 0 atom stereocenters.